The van der Waals surface area contributed by atoms with E-state index in [1.165, 1.54) is 0 Å². The molecule has 3 rings (SSSR count). The van der Waals surface area contributed by atoms with Crippen molar-refractivity contribution in [1.29, 1.82) is 0 Å². The highest BCUT2D eigenvalue weighted by atomic mass is 16.5. The van der Waals surface area contributed by atoms with Gasteiger partial charge in [0.25, 0.3) is 5.91 Å². The fourth-order valence-electron chi connectivity index (χ4n) is 4.29. The molecule has 3 amide bonds. The number of carbonyl (C=O) groups is 2. The monoisotopic (exact) mass is 497 g/mol. The van der Waals surface area contributed by atoms with Gasteiger partial charge in [-0.1, -0.05) is 19.9 Å². The number of hydrogen-bond donors (Lipinski definition) is 2. The smallest absolute Gasteiger partial charge is 0.319 e. The number of methoxy groups -OCH3 is 1. The Hall–Kier alpha value is -3.17. The number of hydrogen-bond acceptors (Lipinski definition) is 6. The van der Waals surface area contributed by atoms with E-state index in [9.17, 15) is 9.59 Å². The van der Waals surface area contributed by atoms with Crippen molar-refractivity contribution in [1.82, 2.24) is 20.1 Å². The molecule has 1 aromatic heterocycles. The Balaban J connectivity index is 1.90. The normalized spacial score (nSPS) is 21.5. The van der Waals surface area contributed by atoms with Crippen molar-refractivity contribution >= 4 is 17.6 Å². The Labute approximate surface area is 214 Å². The zero-order valence-corrected chi connectivity index (χ0v) is 22.0. The molecule has 1 aromatic carbocycles. The summed E-state index contributed by atoms with van der Waals surface area (Å²) < 4.78 is 12.1. The topological polar surface area (TPSA) is 96.0 Å². The van der Waals surface area contributed by atoms with Crippen molar-refractivity contribution in [2.45, 2.75) is 45.9 Å². The van der Waals surface area contributed by atoms with Crippen LogP contribution in [0.1, 0.15) is 43.1 Å². The zero-order chi connectivity index (χ0) is 26.1. The van der Waals surface area contributed by atoms with E-state index >= 15 is 0 Å². The minimum absolute atomic E-state index is 0.0507. The van der Waals surface area contributed by atoms with Gasteiger partial charge in [0.1, 0.15) is 12.4 Å². The van der Waals surface area contributed by atoms with E-state index in [1.54, 1.807) is 43.5 Å². The van der Waals surface area contributed by atoms with Crippen LogP contribution in [0.15, 0.2) is 42.7 Å². The van der Waals surface area contributed by atoms with Crippen molar-refractivity contribution in [3.8, 4) is 5.75 Å². The quantitative estimate of drug-likeness (QED) is 0.633. The van der Waals surface area contributed by atoms with Gasteiger partial charge in [-0.2, -0.15) is 0 Å². The molecule has 9 heteroatoms. The highest BCUT2D eigenvalue weighted by molar-refractivity contribution is 5.98. The third-order valence-electron chi connectivity index (χ3n) is 6.48. The van der Waals surface area contributed by atoms with Gasteiger partial charge in [0, 0.05) is 70.5 Å². The number of carbonyl (C=O) groups excluding carboxylic acids is 2. The molecule has 1 aliphatic rings. The highest BCUT2D eigenvalue weighted by Gasteiger charge is 2.28. The van der Waals surface area contributed by atoms with Crippen molar-refractivity contribution in [2.24, 2.45) is 5.92 Å². The van der Waals surface area contributed by atoms with Gasteiger partial charge in [0.2, 0.25) is 0 Å². The van der Waals surface area contributed by atoms with Crippen molar-refractivity contribution in [3.05, 3.63) is 53.9 Å². The number of rotatable bonds is 6. The molecule has 0 bridgehead atoms. The van der Waals surface area contributed by atoms with Crippen LogP contribution in [-0.2, 0) is 11.3 Å². The van der Waals surface area contributed by atoms with Crippen LogP contribution in [0.4, 0.5) is 10.5 Å². The van der Waals surface area contributed by atoms with Gasteiger partial charge in [-0.15, -0.1) is 0 Å². The largest absolute Gasteiger partial charge is 0.491 e. The first kappa shape index (κ1) is 27.4. The number of nitrogens with one attached hydrogen (secondary N) is 2. The molecule has 1 aliphatic heterocycles. The first-order valence-corrected chi connectivity index (χ1v) is 12.5. The average molecular weight is 498 g/mol. The summed E-state index contributed by atoms with van der Waals surface area (Å²) in [5.41, 5.74) is 2.13. The van der Waals surface area contributed by atoms with Crippen LogP contribution in [0.2, 0.25) is 0 Å². The number of fused-ring (bicyclic) bond motifs is 1. The van der Waals surface area contributed by atoms with Crippen LogP contribution < -0.4 is 15.4 Å². The molecule has 0 saturated heterocycles. The Bertz CT molecular complexity index is 1000. The van der Waals surface area contributed by atoms with E-state index in [-0.39, 0.29) is 30.0 Å². The first-order chi connectivity index (χ1) is 17.3. The molecule has 0 radical (unpaired) electrons. The maximum absolute atomic E-state index is 13.4. The maximum atomic E-state index is 13.4. The second-order valence-electron chi connectivity index (χ2n) is 9.48. The molecule has 36 heavy (non-hydrogen) atoms. The maximum Gasteiger partial charge on any atom is 0.319 e. The molecule has 0 unspecified atom stereocenters. The molecule has 9 nitrogen and oxygen atoms in total. The number of likely N-dealkylation sites (N-methyl/N-ethyl adjacent to an activating group) is 1. The summed E-state index contributed by atoms with van der Waals surface area (Å²) in [6.07, 6.45) is 4.37. The number of aromatic nitrogens is 1. The first-order valence-electron chi connectivity index (χ1n) is 12.5. The van der Waals surface area contributed by atoms with Gasteiger partial charge < -0.3 is 25.0 Å². The van der Waals surface area contributed by atoms with Crippen LogP contribution in [0.3, 0.4) is 0 Å². The van der Waals surface area contributed by atoms with E-state index in [0.717, 1.165) is 25.1 Å². The number of pyridine rings is 1. The summed E-state index contributed by atoms with van der Waals surface area (Å²) in [5, 5.41) is 5.61. The number of ether oxygens (including phenoxy) is 2. The van der Waals surface area contributed by atoms with Gasteiger partial charge in [-0.3, -0.25) is 14.7 Å². The average Bonchev–Trinajstić information content (AvgIpc) is 2.88. The van der Waals surface area contributed by atoms with Crippen LogP contribution >= 0.6 is 0 Å². The molecule has 0 saturated carbocycles. The molecule has 3 atom stereocenters. The predicted octanol–water partition coefficient (Wildman–Crippen LogP) is 3.62. The van der Waals surface area contributed by atoms with Gasteiger partial charge in [-0.05, 0) is 43.0 Å². The number of nitrogens with zero attached hydrogens (tertiary/aromatic N) is 3. The summed E-state index contributed by atoms with van der Waals surface area (Å²) >= 11 is 0. The van der Waals surface area contributed by atoms with Crippen LogP contribution in [0.5, 0.6) is 5.75 Å². The van der Waals surface area contributed by atoms with E-state index in [1.807, 2.05) is 19.2 Å². The van der Waals surface area contributed by atoms with E-state index in [2.05, 4.69) is 40.4 Å². The van der Waals surface area contributed by atoms with E-state index < -0.39 is 0 Å². The molecular weight excluding hydrogens is 458 g/mol. The Morgan fingerprint density at radius 2 is 2.06 bits per heavy atom. The van der Waals surface area contributed by atoms with Gasteiger partial charge in [0.05, 0.1) is 11.7 Å². The summed E-state index contributed by atoms with van der Waals surface area (Å²) in [7, 11) is 3.47. The molecule has 2 heterocycles. The fraction of sp³-hybridized carbons (Fsp3) is 0.519. The summed E-state index contributed by atoms with van der Waals surface area (Å²) in [6.45, 7) is 9.16. The molecule has 0 fully saturated rings. The lowest BCUT2D eigenvalue weighted by molar-refractivity contribution is 0.00920. The lowest BCUT2D eigenvalue weighted by atomic mass is 10.0. The van der Waals surface area contributed by atoms with Crippen LogP contribution in [0, 0.1) is 5.92 Å². The van der Waals surface area contributed by atoms with Crippen molar-refractivity contribution < 1.29 is 19.1 Å². The summed E-state index contributed by atoms with van der Waals surface area (Å²) in [5.74, 6) is 0.467. The number of amides is 3. The molecule has 2 N–H and O–H groups in total. The van der Waals surface area contributed by atoms with E-state index in [4.69, 9.17) is 9.47 Å². The second-order valence-corrected chi connectivity index (χ2v) is 9.48. The highest BCUT2D eigenvalue weighted by Crippen LogP contribution is 2.27. The van der Waals surface area contributed by atoms with Gasteiger partial charge in [-0.25, -0.2) is 4.79 Å². The minimum Gasteiger partial charge on any atom is -0.491 e. The number of benzene rings is 1. The Morgan fingerprint density at radius 1 is 1.25 bits per heavy atom. The van der Waals surface area contributed by atoms with Crippen LogP contribution in [0.25, 0.3) is 0 Å². The number of anilines is 1. The molecular formula is C27H39N5O4. The van der Waals surface area contributed by atoms with Crippen molar-refractivity contribution in [2.75, 3.05) is 45.7 Å². The zero-order valence-electron chi connectivity index (χ0n) is 22.0. The standard InChI is InChI=1S/C27H39N5O4/c1-6-11-29-27(34)30-22-9-10-23-24(13-22)36-18-20(3)32(16-21-8-7-12-28-14-21)15-19(2)25(35-5)17-31(4)26(23)33/h7-10,12-14,19-20,25H,6,11,15-18H2,1-5H3,(H2,29,30,34)/t19-,20+,25+/m1/s1. The van der Waals surface area contributed by atoms with Gasteiger partial charge >= 0.3 is 6.03 Å². The molecule has 0 aliphatic carbocycles. The van der Waals surface area contributed by atoms with Gasteiger partial charge in [0.15, 0.2) is 0 Å². The third-order valence-corrected chi connectivity index (χ3v) is 6.48. The molecule has 2 aromatic rings. The Kier molecular flexibility index (Phi) is 10.1. The SMILES string of the molecule is CCCNC(=O)Nc1ccc2c(c1)OC[C@H](C)N(Cc1cccnc1)C[C@@H](C)[C@@H](OC)CN(C)C2=O. The fourth-order valence-corrected chi connectivity index (χ4v) is 4.29. The minimum atomic E-state index is -0.290. The van der Waals surface area contributed by atoms with Crippen molar-refractivity contribution in [3.63, 3.8) is 0 Å². The summed E-state index contributed by atoms with van der Waals surface area (Å²) in [4.78, 5) is 33.8. The molecule has 0 spiro atoms. The van der Waals surface area contributed by atoms with E-state index in [0.29, 0.717) is 36.7 Å². The predicted molar refractivity (Wildman–Crippen MR) is 140 cm³/mol. The third kappa shape index (κ3) is 7.41. The lowest BCUT2D eigenvalue weighted by Crippen LogP contribution is -2.46. The summed E-state index contributed by atoms with van der Waals surface area (Å²) in [6, 6.07) is 8.91. The van der Waals surface area contributed by atoms with Crippen LogP contribution in [-0.4, -0.2) is 79.3 Å². The Morgan fingerprint density at radius 3 is 2.75 bits per heavy atom. The second kappa shape index (κ2) is 13.2. The number of urea groups is 1. The molecule has 196 valence electrons. The lowest BCUT2D eigenvalue weighted by Gasteiger charge is -2.36.